The third kappa shape index (κ3) is 3.04. The summed E-state index contributed by atoms with van der Waals surface area (Å²) < 4.78 is 1.52. The molecule has 0 aliphatic carbocycles. The molecule has 104 valence electrons. The lowest BCUT2D eigenvalue weighted by atomic mass is 10.2. The van der Waals surface area contributed by atoms with Crippen LogP contribution in [0.25, 0.3) is 0 Å². The zero-order chi connectivity index (χ0) is 13.8. The van der Waals surface area contributed by atoms with Gasteiger partial charge in [0.2, 0.25) is 0 Å². The number of hydrogen-bond donors (Lipinski definition) is 3. The molecular weight excluding hydrogens is 244 g/mol. The fraction of sp³-hybridized carbons (Fsp3) is 0.583. The molecule has 0 atom stereocenters. The Morgan fingerprint density at radius 1 is 1.37 bits per heavy atom. The van der Waals surface area contributed by atoms with Gasteiger partial charge in [0.15, 0.2) is 0 Å². The molecule has 1 aliphatic rings. The molecule has 19 heavy (non-hydrogen) atoms. The summed E-state index contributed by atoms with van der Waals surface area (Å²) in [6.45, 7) is 1.55. The summed E-state index contributed by atoms with van der Waals surface area (Å²) in [6, 6.07) is -0.145. The van der Waals surface area contributed by atoms with E-state index < -0.39 is 0 Å². The number of hydrogen-bond acceptors (Lipinski definition) is 3. The van der Waals surface area contributed by atoms with Crippen LogP contribution < -0.4 is 11.1 Å². The van der Waals surface area contributed by atoms with E-state index in [0.717, 1.165) is 25.9 Å². The Hall–Kier alpha value is -2.05. The van der Waals surface area contributed by atoms with Crippen LogP contribution in [-0.4, -0.2) is 39.6 Å². The van der Waals surface area contributed by atoms with Crippen molar-refractivity contribution >= 4 is 17.7 Å². The molecule has 0 spiro atoms. The van der Waals surface area contributed by atoms with Gasteiger partial charge in [0.1, 0.15) is 11.7 Å². The van der Waals surface area contributed by atoms with Gasteiger partial charge in [-0.2, -0.15) is 5.10 Å². The van der Waals surface area contributed by atoms with Crippen LogP contribution in [0.4, 0.5) is 10.6 Å². The lowest BCUT2D eigenvalue weighted by molar-refractivity contribution is 0.213. The molecule has 2 amide bonds. The Balaban J connectivity index is 2.09. The Morgan fingerprint density at radius 2 is 2.00 bits per heavy atom. The lowest BCUT2D eigenvalue weighted by Gasteiger charge is -2.21. The number of amidine groups is 1. The number of nitrogen functional groups attached to an aromatic ring is 1. The summed E-state index contributed by atoms with van der Waals surface area (Å²) in [6.07, 6.45) is 5.92. The highest BCUT2D eigenvalue weighted by Gasteiger charge is 2.19. The number of aromatic nitrogens is 2. The molecular formula is C12H20N6O. The van der Waals surface area contributed by atoms with Gasteiger partial charge in [-0.25, -0.2) is 4.79 Å². The van der Waals surface area contributed by atoms with Crippen LogP contribution in [-0.2, 0) is 7.05 Å². The van der Waals surface area contributed by atoms with Gasteiger partial charge in [-0.1, -0.05) is 12.8 Å². The number of nitrogens with one attached hydrogen (secondary N) is 2. The number of nitrogens with zero attached hydrogens (tertiary/aromatic N) is 3. The van der Waals surface area contributed by atoms with E-state index in [0.29, 0.717) is 11.4 Å². The second-order valence-electron chi connectivity index (χ2n) is 4.78. The Bertz CT molecular complexity index is 473. The third-order valence-corrected chi connectivity index (χ3v) is 3.35. The summed E-state index contributed by atoms with van der Waals surface area (Å²) in [5.74, 6) is 0.376. The van der Waals surface area contributed by atoms with Gasteiger partial charge in [0.05, 0.1) is 11.8 Å². The van der Waals surface area contributed by atoms with Crippen LogP contribution in [0.1, 0.15) is 31.2 Å². The van der Waals surface area contributed by atoms with Gasteiger partial charge in [-0.15, -0.1) is 0 Å². The number of urea groups is 1. The van der Waals surface area contributed by atoms with Crippen molar-refractivity contribution < 1.29 is 4.79 Å². The van der Waals surface area contributed by atoms with E-state index in [-0.39, 0.29) is 11.9 Å². The van der Waals surface area contributed by atoms with E-state index in [1.165, 1.54) is 23.7 Å². The smallest absolute Gasteiger partial charge is 0.323 e. The summed E-state index contributed by atoms with van der Waals surface area (Å²) in [5, 5.41) is 14.3. The van der Waals surface area contributed by atoms with Crippen molar-refractivity contribution in [1.29, 1.82) is 5.41 Å². The van der Waals surface area contributed by atoms with Gasteiger partial charge in [0.25, 0.3) is 0 Å². The molecule has 7 nitrogen and oxygen atoms in total. The number of nitrogens with two attached hydrogens (primary N) is 1. The number of carbonyl (C=O) groups is 1. The standard InChI is InChI=1S/C12H20N6O/c1-17-11(9(8-15-17)10(13)14)16-12(19)18-6-4-2-3-5-7-18/h8H,2-7H2,1H3,(H3,13,14)(H,16,19). The molecule has 0 unspecified atom stereocenters. The SMILES string of the molecule is Cn1ncc(C(=N)N)c1NC(=O)N1CCCCCC1. The first kappa shape index (κ1) is 13.4. The van der Waals surface area contributed by atoms with Crippen molar-refractivity contribution in [1.82, 2.24) is 14.7 Å². The Morgan fingerprint density at radius 3 is 2.58 bits per heavy atom. The van der Waals surface area contributed by atoms with Crippen LogP contribution in [0.2, 0.25) is 0 Å². The van der Waals surface area contributed by atoms with Gasteiger partial charge in [-0.05, 0) is 12.8 Å². The molecule has 1 fully saturated rings. The predicted octanol–water partition coefficient (Wildman–Crippen LogP) is 1.11. The van der Waals surface area contributed by atoms with E-state index in [1.54, 1.807) is 7.05 Å². The number of aryl methyl sites for hydroxylation is 1. The molecule has 0 aromatic carbocycles. The quantitative estimate of drug-likeness (QED) is 0.551. The largest absolute Gasteiger partial charge is 0.384 e. The summed E-state index contributed by atoms with van der Waals surface area (Å²) in [5.41, 5.74) is 5.92. The fourth-order valence-electron chi connectivity index (χ4n) is 2.24. The Labute approximate surface area is 112 Å². The minimum Gasteiger partial charge on any atom is -0.384 e. The first-order valence-electron chi connectivity index (χ1n) is 6.52. The predicted molar refractivity (Wildman–Crippen MR) is 73.3 cm³/mol. The van der Waals surface area contributed by atoms with Crippen LogP contribution in [0.5, 0.6) is 0 Å². The maximum atomic E-state index is 12.2. The molecule has 1 aliphatic heterocycles. The van der Waals surface area contributed by atoms with Crippen LogP contribution in [0.15, 0.2) is 6.20 Å². The van der Waals surface area contributed by atoms with Gasteiger partial charge in [-0.3, -0.25) is 15.4 Å². The number of anilines is 1. The molecule has 4 N–H and O–H groups in total. The summed E-state index contributed by atoms with van der Waals surface area (Å²) >= 11 is 0. The van der Waals surface area contributed by atoms with Crippen molar-refractivity contribution in [2.45, 2.75) is 25.7 Å². The molecule has 1 saturated heterocycles. The molecule has 1 aromatic heterocycles. The lowest BCUT2D eigenvalue weighted by Crippen LogP contribution is -2.36. The van der Waals surface area contributed by atoms with Gasteiger partial charge in [0, 0.05) is 20.1 Å². The van der Waals surface area contributed by atoms with Crippen LogP contribution in [0, 0.1) is 5.41 Å². The molecule has 7 heteroatoms. The van der Waals surface area contributed by atoms with Crippen LogP contribution >= 0.6 is 0 Å². The minimum atomic E-state index is -0.145. The monoisotopic (exact) mass is 264 g/mol. The normalized spacial score (nSPS) is 15.9. The molecule has 2 rings (SSSR count). The maximum Gasteiger partial charge on any atom is 0.323 e. The number of amides is 2. The maximum absolute atomic E-state index is 12.2. The van der Waals surface area contributed by atoms with Crippen molar-refractivity contribution in [2.24, 2.45) is 12.8 Å². The van der Waals surface area contributed by atoms with E-state index >= 15 is 0 Å². The van der Waals surface area contributed by atoms with Crippen LogP contribution in [0.3, 0.4) is 0 Å². The molecule has 2 heterocycles. The van der Waals surface area contributed by atoms with Crippen molar-refractivity contribution in [2.75, 3.05) is 18.4 Å². The van der Waals surface area contributed by atoms with Crippen molar-refractivity contribution in [3.63, 3.8) is 0 Å². The molecule has 1 aromatic rings. The van der Waals surface area contributed by atoms with E-state index in [9.17, 15) is 4.79 Å². The Kier molecular flexibility index (Phi) is 4.03. The minimum absolute atomic E-state index is 0.0979. The molecule has 0 bridgehead atoms. The third-order valence-electron chi connectivity index (χ3n) is 3.35. The fourth-order valence-corrected chi connectivity index (χ4v) is 2.24. The van der Waals surface area contributed by atoms with Gasteiger partial charge < -0.3 is 10.6 Å². The molecule has 0 saturated carbocycles. The first-order chi connectivity index (χ1) is 9.09. The summed E-state index contributed by atoms with van der Waals surface area (Å²) in [7, 11) is 1.71. The van der Waals surface area contributed by atoms with Crippen molar-refractivity contribution in [3.05, 3.63) is 11.8 Å². The zero-order valence-electron chi connectivity index (χ0n) is 11.1. The highest BCUT2D eigenvalue weighted by Crippen LogP contribution is 2.16. The average Bonchev–Trinajstić information content (AvgIpc) is 2.60. The highest BCUT2D eigenvalue weighted by atomic mass is 16.2. The second-order valence-corrected chi connectivity index (χ2v) is 4.78. The number of carbonyl (C=O) groups excluding carboxylic acids is 1. The van der Waals surface area contributed by atoms with Crippen molar-refractivity contribution in [3.8, 4) is 0 Å². The molecule has 0 radical (unpaired) electrons. The zero-order valence-corrected chi connectivity index (χ0v) is 11.1. The van der Waals surface area contributed by atoms with E-state index in [2.05, 4.69) is 10.4 Å². The topological polar surface area (TPSA) is 100 Å². The second kappa shape index (κ2) is 5.73. The van der Waals surface area contributed by atoms with E-state index in [1.807, 2.05) is 4.90 Å². The van der Waals surface area contributed by atoms with Gasteiger partial charge >= 0.3 is 6.03 Å². The van der Waals surface area contributed by atoms with E-state index in [4.69, 9.17) is 11.1 Å². The number of likely N-dealkylation sites (tertiary alicyclic amines) is 1. The average molecular weight is 264 g/mol. The summed E-state index contributed by atoms with van der Waals surface area (Å²) in [4.78, 5) is 14.0. The first-order valence-corrected chi connectivity index (χ1v) is 6.52. The highest BCUT2D eigenvalue weighted by molar-refractivity contribution is 6.02. The number of rotatable bonds is 2.